The Balaban J connectivity index is 1.71. The highest BCUT2D eigenvalue weighted by atomic mass is 35.5. The standard InChI is InChI=1S/C17H19ClFN3/c1-2-3-17-20-9-13-11-22(7-6-16(13)21-17)10-12-4-5-14(19)8-15(12)18/h4-5,8-9H,2-3,6-7,10-11H2,1H3. The van der Waals surface area contributed by atoms with E-state index in [1.54, 1.807) is 6.07 Å². The molecule has 1 aromatic carbocycles. The number of halogens is 2. The molecule has 0 radical (unpaired) electrons. The predicted octanol–water partition coefficient (Wildman–Crippen LogP) is 3.78. The molecule has 0 atom stereocenters. The molecule has 0 fully saturated rings. The molecule has 0 unspecified atom stereocenters. The van der Waals surface area contributed by atoms with Crippen LogP contribution in [0.25, 0.3) is 0 Å². The molecule has 0 amide bonds. The summed E-state index contributed by atoms with van der Waals surface area (Å²) >= 11 is 6.11. The SMILES string of the molecule is CCCc1ncc2c(n1)CCN(Cc1ccc(F)cc1Cl)C2. The lowest BCUT2D eigenvalue weighted by molar-refractivity contribution is 0.242. The Labute approximate surface area is 135 Å². The Kier molecular flexibility index (Phi) is 4.69. The molecule has 5 heteroatoms. The third-order valence-electron chi connectivity index (χ3n) is 3.95. The van der Waals surface area contributed by atoms with Crippen molar-refractivity contribution in [3.63, 3.8) is 0 Å². The molecule has 3 nitrogen and oxygen atoms in total. The van der Waals surface area contributed by atoms with E-state index in [2.05, 4.69) is 21.8 Å². The fraction of sp³-hybridized carbons (Fsp3) is 0.412. The minimum Gasteiger partial charge on any atom is -0.294 e. The van der Waals surface area contributed by atoms with E-state index in [-0.39, 0.29) is 5.82 Å². The van der Waals surface area contributed by atoms with Crippen LogP contribution in [0.4, 0.5) is 4.39 Å². The second kappa shape index (κ2) is 6.71. The van der Waals surface area contributed by atoms with Crippen LogP contribution < -0.4 is 0 Å². The summed E-state index contributed by atoms with van der Waals surface area (Å²) in [6, 6.07) is 4.59. The number of hydrogen-bond acceptors (Lipinski definition) is 3. The molecule has 1 aliphatic heterocycles. The van der Waals surface area contributed by atoms with Crippen molar-refractivity contribution in [2.75, 3.05) is 6.54 Å². The summed E-state index contributed by atoms with van der Waals surface area (Å²) < 4.78 is 13.1. The van der Waals surface area contributed by atoms with Crippen molar-refractivity contribution in [1.82, 2.24) is 14.9 Å². The minimum absolute atomic E-state index is 0.297. The van der Waals surface area contributed by atoms with Crippen LogP contribution in [0.3, 0.4) is 0 Å². The zero-order valence-electron chi connectivity index (χ0n) is 12.6. The van der Waals surface area contributed by atoms with Crippen LogP contribution in [0, 0.1) is 5.82 Å². The summed E-state index contributed by atoms with van der Waals surface area (Å²) in [5, 5.41) is 0.486. The highest BCUT2D eigenvalue weighted by molar-refractivity contribution is 6.31. The molecule has 1 aliphatic rings. The topological polar surface area (TPSA) is 29.0 Å². The molecule has 0 saturated carbocycles. The number of rotatable bonds is 4. The lowest BCUT2D eigenvalue weighted by atomic mass is 10.1. The van der Waals surface area contributed by atoms with Gasteiger partial charge in [-0.25, -0.2) is 14.4 Å². The predicted molar refractivity (Wildman–Crippen MR) is 85.3 cm³/mol. The number of aryl methyl sites for hydroxylation is 1. The molecule has 1 aromatic heterocycles. The van der Waals surface area contributed by atoms with Crippen molar-refractivity contribution in [3.05, 3.63) is 57.9 Å². The summed E-state index contributed by atoms with van der Waals surface area (Å²) in [6.07, 6.45) is 4.87. The van der Waals surface area contributed by atoms with Crippen molar-refractivity contribution < 1.29 is 4.39 Å². The van der Waals surface area contributed by atoms with Crippen molar-refractivity contribution in [2.45, 2.75) is 39.3 Å². The summed E-state index contributed by atoms with van der Waals surface area (Å²) in [4.78, 5) is 11.4. The summed E-state index contributed by atoms with van der Waals surface area (Å²) in [7, 11) is 0. The largest absolute Gasteiger partial charge is 0.294 e. The van der Waals surface area contributed by atoms with Crippen LogP contribution in [-0.4, -0.2) is 21.4 Å². The third-order valence-corrected chi connectivity index (χ3v) is 4.30. The number of hydrogen-bond donors (Lipinski definition) is 0. The van der Waals surface area contributed by atoms with E-state index in [1.807, 2.05) is 6.20 Å². The van der Waals surface area contributed by atoms with Gasteiger partial charge in [-0.05, 0) is 24.1 Å². The van der Waals surface area contributed by atoms with Gasteiger partial charge in [0.25, 0.3) is 0 Å². The monoisotopic (exact) mass is 319 g/mol. The molecule has 0 aliphatic carbocycles. The second-order valence-corrected chi connectivity index (χ2v) is 6.11. The average molecular weight is 320 g/mol. The van der Waals surface area contributed by atoms with Crippen LogP contribution in [0.5, 0.6) is 0 Å². The number of aromatic nitrogens is 2. The molecular weight excluding hydrogens is 301 g/mol. The molecule has 3 rings (SSSR count). The lowest BCUT2D eigenvalue weighted by Crippen LogP contribution is -2.31. The first-order chi connectivity index (χ1) is 10.7. The van der Waals surface area contributed by atoms with Gasteiger partial charge in [0, 0.05) is 55.0 Å². The fourth-order valence-electron chi connectivity index (χ4n) is 2.79. The van der Waals surface area contributed by atoms with E-state index in [0.29, 0.717) is 5.02 Å². The van der Waals surface area contributed by atoms with Crippen molar-refractivity contribution in [2.24, 2.45) is 0 Å². The molecular formula is C17H19ClFN3. The van der Waals surface area contributed by atoms with Gasteiger partial charge in [-0.3, -0.25) is 4.90 Å². The van der Waals surface area contributed by atoms with E-state index in [1.165, 1.54) is 23.4 Å². The molecule has 0 saturated heterocycles. The lowest BCUT2D eigenvalue weighted by Gasteiger charge is -2.28. The Morgan fingerprint density at radius 1 is 1.36 bits per heavy atom. The first-order valence-electron chi connectivity index (χ1n) is 7.65. The van der Waals surface area contributed by atoms with Gasteiger partial charge in [-0.15, -0.1) is 0 Å². The van der Waals surface area contributed by atoms with Crippen LogP contribution in [-0.2, 0) is 25.9 Å². The second-order valence-electron chi connectivity index (χ2n) is 5.70. The van der Waals surface area contributed by atoms with Crippen molar-refractivity contribution in [3.8, 4) is 0 Å². The minimum atomic E-state index is -0.297. The number of nitrogens with zero attached hydrogens (tertiary/aromatic N) is 3. The van der Waals surface area contributed by atoms with Crippen LogP contribution >= 0.6 is 11.6 Å². The van der Waals surface area contributed by atoms with Gasteiger partial charge in [-0.1, -0.05) is 24.6 Å². The van der Waals surface area contributed by atoms with Crippen LogP contribution in [0.2, 0.25) is 5.02 Å². The number of fused-ring (bicyclic) bond motifs is 1. The molecule has 0 spiro atoms. The van der Waals surface area contributed by atoms with Gasteiger partial charge >= 0.3 is 0 Å². The first kappa shape index (κ1) is 15.4. The fourth-order valence-corrected chi connectivity index (χ4v) is 3.01. The maximum absolute atomic E-state index is 13.1. The molecule has 0 N–H and O–H groups in total. The molecule has 2 aromatic rings. The van der Waals surface area contributed by atoms with Crippen molar-refractivity contribution in [1.29, 1.82) is 0 Å². The Hall–Kier alpha value is -1.52. The summed E-state index contributed by atoms with van der Waals surface area (Å²) in [5.74, 6) is 0.644. The van der Waals surface area contributed by atoms with Gasteiger partial charge in [0.1, 0.15) is 11.6 Å². The average Bonchev–Trinajstić information content (AvgIpc) is 2.50. The van der Waals surface area contributed by atoms with Gasteiger partial charge in [-0.2, -0.15) is 0 Å². The highest BCUT2D eigenvalue weighted by Gasteiger charge is 2.19. The van der Waals surface area contributed by atoms with Crippen LogP contribution in [0.1, 0.15) is 36.0 Å². The third kappa shape index (κ3) is 3.45. The Bertz CT molecular complexity index is 675. The van der Waals surface area contributed by atoms with E-state index < -0.39 is 0 Å². The summed E-state index contributed by atoms with van der Waals surface area (Å²) in [5.41, 5.74) is 3.30. The molecule has 22 heavy (non-hydrogen) atoms. The first-order valence-corrected chi connectivity index (χ1v) is 8.03. The number of benzene rings is 1. The van der Waals surface area contributed by atoms with Gasteiger partial charge < -0.3 is 0 Å². The van der Waals surface area contributed by atoms with E-state index >= 15 is 0 Å². The van der Waals surface area contributed by atoms with E-state index in [0.717, 1.165) is 50.3 Å². The maximum Gasteiger partial charge on any atom is 0.128 e. The molecule has 116 valence electrons. The quantitative estimate of drug-likeness (QED) is 0.858. The molecule has 0 bridgehead atoms. The normalized spacial score (nSPS) is 14.9. The zero-order valence-corrected chi connectivity index (χ0v) is 13.4. The Morgan fingerprint density at radius 3 is 3.00 bits per heavy atom. The maximum atomic E-state index is 13.1. The van der Waals surface area contributed by atoms with E-state index in [4.69, 9.17) is 11.6 Å². The van der Waals surface area contributed by atoms with Gasteiger partial charge in [0.2, 0.25) is 0 Å². The van der Waals surface area contributed by atoms with Crippen LogP contribution in [0.15, 0.2) is 24.4 Å². The van der Waals surface area contributed by atoms with Gasteiger partial charge in [0.05, 0.1) is 0 Å². The zero-order chi connectivity index (χ0) is 15.5. The smallest absolute Gasteiger partial charge is 0.128 e. The molecule has 2 heterocycles. The Morgan fingerprint density at radius 2 is 2.23 bits per heavy atom. The van der Waals surface area contributed by atoms with E-state index in [9.17, 15) is 4.39 Å². The highest BCUT2D eigenvalue weighted by Crippen LogP contribution is 2.23. The van der Waals surface area contributed by atoms with Gasteiger partial charge in [0.15, 0.2) is 0 Å². The summed E-state index contributed by atoms with van der Waals surface area (Å²) in [6.45, 7) is 4.60. The van der Waals surface area contributed by atoms with Crippen molar-refractivity contribution >= 4 is 11.6 Å².